The van der Waals surface area contributed by atoms with Gasteiger partial charge in [-0.3, -0.25) is 0 Å². The summed E-state index contributed by atoms with van der Waals surface area (Å²) in [5, 5.41) is 4.08. The van der Waals surface area contributed by atoms with Crippen LogP contribution in [0.4, 0.5) is 0 Å². The average molecular weight is 301 g/mol. The quantitative estimate of drug-likeness (QED) is 0.468. The monoisotopic (exact) mass is 301 g/mol. The zero-order valence-electron chi connectivity index (χ0n) is 13.1. The summed E-state index contributed by atoms with van der Waals surface area (Å²) in [4.78, 5) is 5.49. The summed E-state index contributed by atoms with van der Waals surface area (Å²) in [6.07, 6.45) is 1.74. The van der Waals surface area contributed by atoms with Gasteiger partial charge >= 0.3 is 0 Å². The molecule has 0 amide bonds. The molecule has 0 unspecified atom stereocenters. The molecule has 0 N–H and O–H groups in total. The van der Waals surface area contributed by atoms with E-state index in [4.69, 9.17) is 4.84 Å². The van der Waals surface area contributed by atoms with Crippen LogP contribution in [0.5, 0.6) is 0 Å². The van der Waals surface area contributed by atoms with E-state index in [1.807, 2.05) is 42.5 Å². The molecular weight excluding hydrogens is 282 g/mol. The molecule has 0 aliphatic rings. The van der Waals surface area contributed by atoms with Gasteiger partial charge in [-0.1, -0.05) is 89.6 Å². The molecule has 0 atom stereocenters. The molecule has 0 heterocycles. The molecule has 3 aromatic carbocycles. The van der Waals surface area contributed by atoms with Crippen LogP contribution in [-0.2, 0) is 11.4 Å². The molecule has 114 valence electrons. The Hall–Kier alpha value is -2.87. The fraction of sp³-hybridized carbons (Fsp3) is 0.0952. The van der Waals surface area contributed by atoms with Crippen molar-refractivity contribution in [2.24, 2.45) is 5.16 Å². The third-order valence-electron chi connectivity index (χ3n) is 3.68. The highest BCUT2D eigenvalue weighted by atomic mass is 16.6. The lowest BCUT2D eigenvalue weighted by atomic mass is 10.0. The van der Waals surface area contributed by atoms with Crippen LogP contribution in [0.25, 0.3) is 11.1 Å². The first-order valence-electron chi connectivity index (χ1n) is 7.68. The Balaban J connectivity index is 1.68. The van der Waals surface area contributed by atoms with E-state index in [1.54, 1.807) is 6.21 Å². The largest absolute Gasteiger partial charge is 0.391 e. The third-order valence-corrected chi connectivity index (χ3v) is 3.68. The van der Waals surface area contributed by atoms with Crippen LogP contribution in [0.15, 0.2) is 84.0 Å². The first kappa shape index (κ1) is 15.0. The molecule has 2 heteroatoms. The topological polar surface area (TPSA) is 21.6 Å². The van der Waals surface area contributed by atoms with Crippen LogP contribution in [0.3, 0.4) is 0 Å². The molecule has 0 aromatic heterocycles. The van der Waals surface area contributed by atoms with Gasteiger partial charge < -0.3 is 4.84 Å². The van der Waals surface area contributed by atoms with Crippen molar-refractivity contribution in [2.75, 3.05) is 0 Å². The predicted molar refractivity (Wildman–Crippen MR) is 95.4 cm³/mol. The van der Waals surface area contributed by atoms with Gasteiger partial charge in [0.2, 0.25) is 0 Å². The normalized spacial score (nSPS) is 10.8. The van der Waals surface area contributed by atoms with Crippen molar-refractivity contribution in [3.63, 3.8) is 0 Å². The van der Waals surface area contributed by atoms with E-state index in [-0.39, 0.29) is 0 Å². The van der Waals surface area contributed by atoms with E-state index in [9.17, 15) is 0 Å². The summed E-state index contributed by atoms with van der Waals surface area (Å²) in [5.74, 6) is 0. The van der Waals surface area contributed by atoms with Crippen LogP contribution in [0.2, 0.25) is 0 Å². The second kappa shape index (κ2) is 7.41. The number of rotatable bonds is 5. The van der Waals surface area contributed by atoms with E-state index >= 15 is 0 Å². The van der Waals surface area contributed by atoms with Crippen LogP contribution < -0.4 is 0 Å². The molecule has 0 aliphatic heterocycles. The number of oxime groups is 1. The van der Waals surface area contributed by atoms with Crippen molar-refractivity contribution in [1.29, 1.82) is 0 Å². The maximum Gasteiger partial charge on any atom is 0.142 e. The summed E-state index contributed by atoms with van der Waals surface area (Å²) in [6, 6.07) is 26.7. The van der Waals surface area contributed by atoms with E-state index in [0.29, 0.717) is 6.61 Å². The highest BCUT2D eigenvalue weighted by molar-refractivity contribution is 5.79. The van der Waals surface area contributed by atoms with Crippen LogP contribution in [0, 0.1) is 6.92 Å². The van der Waals surface area contributed by atoms with E-state index in [2.05, 4.69) is 48.5 Å². The number of hydrogen-bond acceptors (Lipinski definition) is 2. The van der Waals surface area contributed by atoms with Gasteiger partial charge in [-0.25, -0.2) is 0 Å². The van der Waals surface area contributed by atoms with Gasteiger partial charge in [0.05, 0.1) is 6.21 Å². The molecule has 3 rings (SSSR count). The second-order valence-corrected chi connectivity index (χ2v) is 5.44. The number of hydrogen-bond donors (Lipinski definition) is 0. The highest BCUT2D eigenvalue weighted by Crippen LogP contribution is 2.23. The third kappa shape index (κ3) is 4.07. The van der Waals surface area contributed by atoms with E-state index in [0.717, 1.165) is 11.1 Å². The first-order valence-corrected chi connectivity index (χ1v) is 7.68. The fourth-order valence-electron chi connectivity index (χ4n) is 2.40. The highest BCUT2D eigenvalue weighted by Gasteiger charge is 2.04. The molecule has 23 heavy (non-hydrogen) atoms. The Morgan fingerprint density at radius 1 is 0.826 bits per heavy atom. The minimum absolute atomic E-state index is 0.452. The van der Waals surface area contributed by atoms with Gasteiger partial charge in [-0.05, 0) is 29.2 Å². The Bertz CT molecular complexity index is 776. The van der Waals surface area contributed by atoms with Gasteiger partial charge in [-0.2, -0.15) is 0 Å². The Labute approximate surface area is 137 Å². The molecule has 0 spiro atoms. The maximum atomic E-state index is 5.49. The predicted octanol–water partition coefficient (Wildman–Crippen LogP) is 5.21. The fourth-order valence-corrected chi connectivity index (χ4v) is 2.40. The lowest BCUT2D eigenvalue weighted by molar-refractivity contribution is 0.132. The first-order chi connectivity index (χ1) is 11.3. The molecular formula is C21H19NO. The Morgan fingerprint density at radius 3 is 2.30 bits per heavy atom. The van der Waals surface area contributed by atoms with Crippen molar-refractivity contribution in [3.05, 3.63) is 95.6 Å². The van der Waals surface area contributed by atoms with E-state index in [1.165, 1.54) is 16.7 Å². The van der Waals surface area contributed by atoms with Crippen LogP contribution >= 0.6 is 0 Å². The van der Waals surface area contributed by atoms with Crippen molar-refractivity contribution in [2.45, 2.75) is 13.5 Å². The van der Waals surface area contributed by atoms with Gasteiger partial charge in [0.15, 0.2) is 0 Å². The number of nitrogens with zero attached hydrogens (tertiary/aromatic N) is 1. The Morgan fingerprint density at radius 2 is 1.52 bits per heavy atom. The van der Waals surface area contributed by atoms with E-state index < -0.39 is 0 Å². The number of aryl methyl sites for hydroxylation is 1. The standard InChI is InChI=1S/C21H19NO/c1-17-11-13-18(14-12-17)15-22-23-16-20-9-5-6-10-21(20)19-7-3-2-4-8-19/h2-15H,16H2,1H3. The summed E-state index contributed by atoms with van der Waals surface area (Å²) < 4.78 is 0. The van der Waals surface area contributed by atoms with Gasteiger partial charge in [-0.15, -0.1) is 0 Å². The molecule has 2 nitrogen and oxygen atoms in total. The van der Waals surface area contributed by atoms with Crippen molar-refractivity contribution in [1.82, 2.24) is 0 Å². The Kier molecular flexibility index (Phi) is 4.85. The summed E-state index contributed by atoms with van der Waals surface area (Å²) in [5.41, 5.74) is 5.76. The minimum atomic E-state index is 0.452. The molecule has 0 radical (unpaired) electrons. The molecule has 0 saturated heterocycles. The van der Waals surface area contributed by atoms with Gasteiger partial charge in [0.1, 0.15) is 6.61 Å². The lowest BCUT2D eigenvalue weighted by Gasteiger charge is -2.08. The van der Waals surface area contributed by atoms with Crippen LogP contribution in [-0.4, -0.2) is 6.21 Å². The zero-order valence-corrected chi connectivity index (χ0v) is 13.1. The molecule has 0 bridgehead atoms. The van der Waals surface area contributed by atoms with Crippen molar-refractivity contribution in [3.8, 4) is 11.1 Å². The van der Waals surface area contributed by atoms with Crippen molar-refractivity contribution >= 4 is 6.21 Å². The summed E-state index contributed by atoms with van der Waals surface area (Å²) in [7, 11) is 0. The number of benzene rings is 3. The molecule has 0 saturated carbocycles. The van der Waals surface area contributed by atoms with Crippen LogP contribution in [0.1, 0.15) is 16.7 Å². The second-order valence-electron chi connectivity index (χ2n) is 5.44. The zero-order chi connectivity index (χ0) is 15.9. The molecule has 0 aliphatic carbocycles. The molecule has 0 fully saturated rings. The minimum Gasteiger partial charge on any atom is -0.391 e. The summed E-state index contributed by atoms with van der Waals surface area (Å²) >= 11 is 0. The summed E-state index contributed by atoms with van der Waals surface area (Å²) in [6.45, 7) is 2.52. The average Bonchev–Trinajstić information content (AvgIpc) is 2.61. The molecule has 3 aromatic rings. The van der Waals surface area contributed by atoms with Gasteiger partial charge in [0, 0.05) is 0 Å². The smallest absolute Gasteiger partial charge is 0.142 e. The van der Waals surface area contributed by atoms with Gasteiger partial charge in [0.25, 0.3) is 0 Å². The maximum absolute atomic E-state index is 5.49. The lowest BCUT2D eigenvalue weighted by Crippen LogP contribution is -1.92. The SMILES string of the molecule is Cc1ccc(C=NOCc2ccccc2-c2ccccc2)cc1. The van der Waals surface area contributed by atoms with Crippen molar-refractivity contribution < 1.29 is 4.84 Å².